The molecule has 4 heteroatoms. The normalized spacial score (nSPS) is 12.8. The smallest absolute Gasteiger partial charge is 0.190 e. The number of nitrogens with zero attached hydrogens (tertiary/aromatic N) is 2. The third kappa shape index (κ3) is 2.90. The molecule has 0 aliphatic carbocycles. The maximum Gasteiger partial charge on any atom is 0.190 e. The van der Waals surface area contributed by atoms with Crippen molar-refractivity contribution < 1.29 is 0 Å². The van der Waals surface area contributed by atoms with E-state index in [9.17, 15) is 0 Å². The Morgan fingerprint density at radius 1 is 0.654 bits per heavy atom. The van der Waals surface area contributed by atoms with Crippen LogP contribution in [0.4, 0.5) is 22.7 Å². The summed E-state index contributed by atoms with van der Waals surface area (Å²) in [5, 5.41) is 3.68. The second-order valence-corrected chi connectivity index (χ2v) is 8.86. The van der Waals surface area contributed by atoms with Crippen LogP contribution in [0.25, 0.3) is 0 Å². The Morgan fingerprint density at radius 3 is 1.62 bits per heavy atom. The molecule has 0 bridgehead atoms. The summed E-state index contributed by atoms with van der Waals surface area (Å²) in [5.74, 6) is 0. The van der Waals surface area contributed by atoms with E-state index in [-0.39, 0.29) is 10.9 Å². The zero-order valence-electron chi connectivity index (χ0n) is 15.7. The van der Waals surface area contributed by atoms with Crippen molar-refractivity contribution in [1.29, 1.82) is 0 Å². The highest BCUT2D eigenvalue weighted by Gasteiger charge is 2.38. The molecule has 0 radical (unpaired) electrons. The lowest BCUT2D eigenvalue weighted by molar-refractivity contribution is 1.11. The first-order chi connectivity index (χ1) is 12.5. The first-order valence-corrected chi connectivity index (χ1v) is 9.96. The first kappa shape index (κ1) is 16.9. The number of benzene rings is 3. The van der Waals surface area contributed by atoms with E-state index in [1.54, 1.807) is 0 Å². The number of anilines is 4. The second kappa shape index (κ2) is 6.61. The van der Waals surface area contributed by atoms with E-state index in [1.807, 2.05) is 0 Å². The zero-order chi connectivity index (χ0) is 18.3. The van der Waals surface area contributed by atoms with E-state index in [2.05, 4.69) is 110 Å². The molecule has 0 saturated heterocycles. The first-order valence-electron chi connectivity index (χ1n) is 8.74. The van der Waals surface area contributed by atoms with Gasteiger partial charge in [0.15, 0.2) is 14.7 Å². The average Bonchev–Trinajstić information content (AvgIpc) is 2.65. The lowest BCUT2D eigenvalue weighted by Crippen LogP contribution is -2.17. The van der Waals surface area contributed by atoms with Crippen molar-refractivity contribution in [3.63, 3.8) is 0 Å². The SMILES string of the molecule is CN(C)c1ccc2c(c1)Nc1cc(N(C)C)ccc1[S+]2c1ccccc1. The molecule has 3 aromatic rings. The van der Waals surface area contributed by atoms with Gasteiger partial charge >= 0.3 is 0 Å². The highest BCUT2D eigenvalue weighted by molar-refractivity contribution is 7.97. The molecule has 4 rings (SSSR count). The summed E-state index contributed by atoms with van der Waals surface area (Å²) in [7, 11) is 8.23. The fraction of sp³-hybridized carbons (Fsp3) is 0.182. The van der Waals surface area contributed by atoms with E-state index in [4.69, 9.17) is 0 Å². The molecule has 0 fully saturated rings. The molecule has 0 aromatic heterocycles. The monoisotopic (exact) mass is 362 g/mol. The number of fused-ring (bicyclic) bond motifs is 2. The van der Waals surface area contributed by atoms with Crippen LogP contribution in [0.1, 0.15) is 0 Å². The van der Waals surface area contributed by atoms with Crippen LogP contribution in [0.5, 0.6) is 0 Å². The molecular formula is C22H24N3S+. The average molecular weight is 363 g/mol. The number of hydrogen-bond acceptors (Lipinski definition) is 3. The Labute approximate surface area is 158 Å². The van der Waals surface area contributed by atoms with Gasteiger partial charge in [-0.05, 0) is 48.5 Å². The van der Waals surface area contributed by atoms with Gasteiger partial charge in [0, 0.05) is 39.6 Å². The van der Waals surface area contributed by atoms with Crippen molar-refractivity contribution in [3.05, 3.63) is 66.7 Å². The standard InChI is InChI=1S/C22H24N3S/c1-24(2)16-10-12-21-19(14-16)23-20-15-17(25(3)4)11-13-22(20)26(21)18-8-6-5-7-9-18/h5-15,23H,1-4H3/q+1. The maximum absolute atomic E-state index is 3.68. The minimum Gasteiger partial charge on any atom is -0.378 e. The van der Waals surface area contributed by atoms with Crippen LogP contribution < -0.4 is 15.1 Å². The van der Waals surface area contributed by atoms with Crippen LogP contribution in [0.15, 0.2) is 81.4 Å². The number of rotatable bonds is 3. The van der Waals surface area contributed by atoms with Crippen molar-refractivity contribution in [2.45, 2.75) is 14.7 Å². The summed E-state index contributed by atoms with van der Waals surface area (Å²) in [6.07, 6.45) is 0. The van der Waals surface area contributed by atoms with Crippen LogP contribution in [0.2, 0.25) is 0 Å². The minimum absolute atomic E-state index is 0.100. The van der Waals surface area contributed by atoms with Gasteiger partial charge in [-0.2, -0.15) is 0 Å². The predicted molar refractivity (Wildman–Crippen MR) is 113 cm³/mol. The summed E-state index contributed by atoms with van der Waals surface area (Å²) < 4.78 is 0. The van der Waals surface area contributed by atoms with E-state index < -0.39 is 0 Å². The Bertz CT molecular complexity index is 878. The summed E-state index contributed by atoms with van der Waals surface area (Å²) in [4.78, 5) is 8.36. The van der Waals surface area contributed by atoms with Gasteiger partial charge < -0.3 is 15.1 Å². The van der Waals surface area contributed by atoms with Crippen molar-refractivity contribution in [2.24, 2.45) is 0 Å². The summed E-state index contributed by atoms with van der Waals surface area (Å²) >= 11 is 0. The maximum atomic E-state index is 3.68. The molecule has 3 aromatic carbocycles. The molecule has 1 aliphatic heterocycles. The zero-order valence-corrected chi connectivity index (χ0v) is 16.5. The van der Waals surface area contributed by atoms with Gasteiger partial charge in [-0.1, -0.05) is 18.2 Å². The Balaban J connectivity index is 1.91. The molecule has 1 heterocycles. The van der Waals surface area contributed by atoms with Crippen molar-refractivity contribution in [1.82, 2.24) is 0 Å². The highest BCUT2D eigenvalue weighted by atomic mass is 32.2. The van der Waals surface area contributed by atoms with Crippen LogP contribution >= 0.6 is 0 Å². The Hall–Kier alpha value is -2.59. The van der Waals surface area contributed by atoms with Crippen molar-refractivity contribution >= 4 is 33.6 Å². The lowest BCUT2D eigenvalue weighted by atomic mass is 10.2. The van der Waals surface area contributed by atoms with Gasteiger partial charge in [0.25, 0.3) is 0 Å². The fourth-order valence-electron chi connectivity index (χ4n) is 3.22. The quantitative estimate of drug-likeness (QED) is 0.519. The van der Waals surface area contributed by atoms with E-state index in [0.29, 0.717) is 0 Å². The van der Waals surface area contributed by atoms with E-state index in [1.165, 1.54) is 37.4 Å². The minimum atomic E-state index is -0.100. The van der Waals surface area contributed by atoms with Crippen LogP contribution in [-0.2, 0) is 10.9 Å². The highest BCUT2D eigenvalue weighted by Crippen LogP contribution is 2.46. The van der Waals surface area contributed by atoms with Gasteiger partial charge in [-0.15, -0.1) is 0 Å². The van der Waals surface area contributed by atoms with E-state index in [0.717, 1.165) is 0 Å². The van der Waals surface area contributed by atoms with Gasteiger partial charge in [0.05, 0.1) is 11.4 Å². The fourth-order valence-corrected chi connectivity index (χ4v) is 5.46. The summed E-state index contributed by atoms with van der Waals surface area (Å²) in [6.45, 7) is 0. The summed E-state index contributed by atoms with van der Waals surface area (Å²) in [6, 6.07) is 24.3. The Kier molecular flexibility index (Phi) is 4.29. The predicted octanol–water partition coefficient (Wildman–Crippen LogP) is 4.97. The van der Waals surface area contributed by atoms with Gasteiger partial charge in [-0.3, -0.25) is 0 Å². The molecule has 0 spiro atoms. The molecule has 0 unspecified atom stereocenters. The molecule has 0 saturated carbocycles. The molecule has 3 nitrogen and oxygen atoms in total. The van der Waals surface area contributed by atoms with Crippen LogP contribution in [0, 0.1) is 0 Å². The number of hydrogen-bond donors (Lipinski definition) is 1. The third-order valence-corrected chi connectivity index (χ3v) is 6.98. The van der Waals surface area contributed by atoms with Crippen molar-refractivity contribution in [2.75, 3.05) is 43.3 Å². The second-order valence-electron chi connectivity index (χ2n) is 6.89. The molecule has 132 valence electrons. The van der Waals surface area contributed by atoms with Crippen molar-refractivity contribution in [3.8, 4) is 0 Å². The topological polar surface area (TPSA) is 18.5 Å². The van der Waals surface area contributed by atoms with E-state index >= 15 is 0 Å². The molecular weight excluding hydrogens is 338 g/mol. The van der Waals surface area contributed by atoms with Crippen LogP contribution in [0.3, 0.4) is 0 Å². The molecule has 0 amide bonds. The number of nitrogens with one attached hydrogen (secondary N) is 1. The Morgan fingerprint density at radius 2 is 1.15 bits per heavy atom. The molecule has 26 heavy (non-hydrogen) atoms. The van der Waals surface area contributed by atoms with Gasteiger partial charge in [-0.25, -0.2) is 0 Å². The largest absolute Gasteiger partial charge is 0.378 e. The summed E-state index contributed by atoms with van der Waals surface area (Å²) in [5.41, 5.74) is 4.82. The third-order valence-electron chi connectivity index (χ3n) is 4.65. The molecule has 1 N–H and O–H groups in total. The van der Waals surface area contributed by atoms with Crippen LogP contribution in [-0.4, -0.2) is 28.2 Å². The lowest BCUT2D eigenvalue weighted by Gasteiger charge is -2.24. The molecule has 0 atom stereocenters. The van der Waals surface area contributed by atoms with Gasteiger partial charge in [0.2, 0.25) is 0 Å². The molecule has 1 aliphatic rings. The van der Waals surface area contributed by atoms with Gasteiger partial charge in [0.1, 0.15) is 10.9 Å².